The molecule has 21 heavy (non-hydrogen) atoms. The number of anilines is 1. The fourth-order valence-corrected chi connectivity index (χ4v) is 2.68. The number of likely N-dealkylation sites (tertiary alicyclic amines) is 1. The summed E-state index contributed by atoms with van der Waals surface area (Å²) in [6, 6.07) is 9.77. The summed E-state index contributed by atoms with van der Waals surface area (Å²) in [4.78, 5) is 14.5. The smallest absolute Gasteiger partial charge is 0.276 e. The molecule has 3 rings (SSSR count). The van der Waals surface area contributed by atoms with E-state index in [1.54, 1.807) is 6.07 Å². The first kappa shape index (κ1) is 13.8. The van der Waals surface area contributed by atoms with Crippen LogP contribution in [0.3, 0.4) is 0 Å². The highest BCUT2D eigenvalue weighted by Gasteiger charge is 2.13. The van der Waals surface area contributed by atoms with Gasteiger partial charge in [0.05, 0.1) is 0 Å². The first-order valence-electron chi connectivity index (χ1n) is 7.35. The molecule has 1 saturated heterocycles. The summed E-state index contributed by atoms with van der Waals surface area (Å²) in [6.45, 7) is 5.16. The summed E-state index contributed by atoms with van der Waals surface area (Å²) in [6.07, 6.45) is 2.57. The van der Waals surface area contributed by atoms with E-state index in [9.17, 15) is 4.79 Å². The highest BCUT2D eigenvalue weighted by molar-refractivity contribution is 6.02. The number of aryl methyl sites for hydroxylation is 1. The van der Waals surface area contributed by atoms with Gasteiger partial charge in [0.15, 0.2) is 5.69 Å². The number of H-pyrrole nitrogens is 1. The van der Waals surface area contributed by atoms with Crippen molar-refractivity contribution in [1.82, 2.24) is 15.1 Å². The van der Waals surface area contributed by atoms with Gasteiger partial charge < -0.3 is 5.32 Å². The number of hydrogen-bond donors (Lipinski definition) is 2. The van der Waals surface area contributed by atoms with Crippen LogP contribution in [0.1, 0.15) is 34.6 Å². The summed E-state index contributed by atoms with van der Waals surface area (Å²) in [7, 11) is 0. The highest BCUT2D eigenvalue weighted by atomic mass is 16.1. The molecule has 5 nitrogen and oxygen atoms in total. The minimum absolute atomic E-state index is 0.183. The highest BCUT2D eigenvalue weighted by Crippen LogP contribution is 2.16. The standard InChI is InChI=1S/C16H20N4O/c1-12-9-15(19-18-12)16(21)17-14-6-4-5-13(10-14)11-20-7-2-3-8-20/h4-6,9-10H,2-3,7-8,11H2,1H3,(H,17,21)(H,18,19). The van der Waals surface area contributed by atoms with Crippen LogP contribution in [0, 0.1) is 6.92 Å². The zero-order valence-corrected chi connectivity index (χ0v) is 12.2. The normalized spacial score (nSPS) is 15.3. The van der Waals surface area contributed by atoms with Gasteiger partial charge in [-0.05, 0) is 56.6 Å². The van der Waals surface area contributed by atoms with Crippen LogP contribution in [0.15, 0.2) is 30.3 Å². The molecule has 0 aliphatic carbocycles. The molecule has 0 spiro atoms. The van der Waals surface area contributed by atoms with Gasteiger partial charge in [-0.1, -0.05) is 12.1 Å². The molecule has 0 unspecified atom stereocenters. The van der Waals surface area contributed by atoms with Gasteiger partial charge in [0.1, 0.15) is 0 Å². The van der Waals surface area contributed by atoms with Crippen molar-refractivity contribution < 1.29 is 4.79 Å². The van der Waals surface area contributed by atoms with E-state index < -0.39 is 0 Å². The van der Waals surface area contributed by atoms with Gasteiger partial charge in [-0.25, -0.2) is 0 Å². The Balaban J connectivity index is 1.66. The number of aromatic amines is 1. The van der Waals surface area contributed by atoms with E-state index in [1.807, 2.05) is 25.1 Å². The van der Waals surface area contributed by atoms with Gasteiger partial charge in [-0.3, -0.25) is 14.8 Å². The number of rotatable bonds is 4. The Hall–Kier alpha value is -2.14. The van der Waals surface area contributed by atoms with Crippen LogP contribution in [0.5, 0.6) is 0 Å². The average molecular weight is 284 g/mol. The van der Waals surface area contributed by atoms with Gasteiger partial charge in [0.25, 0.3) is 5.91 Å². The van der Waals surface area contributed by atoms with E-state index in [-0.39, 0.29) is 5.91 Å². The van der Waals surface area contributed by atoms with Crippen molar-refractivity contribution in [3.8, 4) is 0 Å². The zero-order chi connectivity index (χ0) is 14.7. The van der Waals surface area contributed by atoms with Crippen molar-refractivity contribution in [3.63, 3.8) is 0 Å². The molecule has 1 aliphatic rings. The monoisotopic (exact) mass is 284 g/mol. The Morgan fingerprint density at radius 2 is 2.14 bits per heavy atom. The summed E-state index contributed by atoms with van der Waals surface area (Å²) in [5.41, 5.74) is 3.34. The lowest BCUT2D eigenvalue weighted by atomic mass is 10.2. The lowest BCUT2D eigenvalue weighted by Crippen LogP contribution is -2.18. The molecule has 1 amide bonds. The Labute approximate surface area is 124 Å². The molecule has 0 radical (unpaired) electrons. The van der Waals surface area contributed by atoms with Crippen LogP contribution in [0.2, 0.25) is 0 Å². The van der Waals surface area contributed by atoms with E-state index in [4.69, 9.17) is 0 Å². The number of carbonyl (C=O) groups is 1. The number of amides is 1. The first-order chi connectivity index (χ1) is 10.2. The van der Waals surface area contributed by atoms with Crippen LogP contribution in [0.25, 0.3) is 0 Å². The molecule has 0 bridgehead atoms. The summed E-state index contributed by atoms with van der Waals surface area (Å²) >= 11 is 0. The summed E-state index contributed by atoms with van der Waals surface area (Å²) < 4.78 is 0. The first-order valence-corrected chi connectivity index (χ1v) is 7.35. The predicted molar refractivity (Wildman–Crippen MR) is 82.2 cm³/mol. The third-order valence-corrected chi connectivity index (χ3v) is 3.73. The van der Waals surface area contributed by atoms with Crippen LogP contribution < -0.4 is 5.32 Å². The average Bonchev–Trinajstić information content (AvgIpc) is 3.11. The molecule has 1 aromatic heterocycles. The second-order valence-corrected chi connectivity index (χ2v) is 5.57. The van der Waals surface area contributed by atoms with E-state index in [0.717, 1.165) is 17.9 Å². The largest absolute Gasteiger partial charge is 0.321 e. The van der Waals surface area contributed by atoms with Crippen LogP contribution in [-0.4, -0.2) is 34.1 Å². The number of nitrogens with zero attached hydrogens (tertiary/aromatic N) is 2. The Morgan fingerprint density at radius 3 is 2.86 bits per heavy atom. The SMILES string of the molecule is Cc1cc(C(=O)Nc2cccc(CN3CCCC3)c2)n[nH]1. The minimum atomic E-state index is -0.183. The molecule has 2 N–H and O–H groups in total. The molecule has 1 aliphatic heterocycles. The maximum absolute atomic E-state index is 12.1. The van der Waals surface area contributed by atoms with Gasteiger partial charge in [0.2, 0.25) is 0 Å². The van der Waals surface area contributed by atoms with Crippen molar-refractivity contribution in [3.05, 3.63) is 47.3 Å². The molecule has 0 saturated carbocycles. The van der Waals surface area contributed by atoms with Crippen LogP contribution in [-0.2, 0) is 6.54 Å². The maximum atomic E-state index is 12.1. The zero-order valence-electron chi connectivity index (χ0n) is 12.2. The van der Waals surface area contributed by atoms with Crippen LogP contribution >= 0.6 is 0 Å². The Kier molecular flexibility index (Phi) is 4.01. The molecule has 1 fully saturated rings. The van der Waals surface area contributed by atoms with Gasteiger partial charge in [-0.15, -0.1) is 0 Å². The molecule has 0 atom stereocenters. The topological polar surface area (TPSA) is 61.0 Å². The molecule has 5 heteroatoms. The Morgan fingerprint density at radius 1 is 1.33 bits per heavy atom. The van der Waals surface area contributed by atoms with Gasteiger partial charge in [-0.2, -0.15) is 5.10 Å². The van der Waals surface area contributed by atoms with E-state index in [0.29, 0.717) is 5.69 Å². The second-order valence-electron chi connectivity index (χ2n) is 5.57. The summed E-state index contributed by atoms with van der Waals surface area (Å²) in [5.74, 6) is -0.183. The number of benzene rings is 1. The third kappa shape index (κ3) is 3.49. The minimum Gasteiger partial charge on any atom is -0.321 e. The van der Waals surface area contributed by atoms with Crippen molar-refractivity contribution in [1.29, 1.82) is 0 Å². The Bertz CT molecular complexity index is 629. The predicted octanol–water partition coefficient (Wildman–Crippen LogP) is 2.57. The van der Waals surface area contributed by atoms with Crippen molar-refractivity contribution in [2.45, 2.75) is 26.3 Å². The van der Waals surface area contributed by atoms with E-state index in [1.165, 1.54) is 31.5 Å². The number of carbonyl (C=O) groups excluding carboxylic acids is 1. The summed E-state index contributed by atoms with van der Waals surface area (Å²) in [5, 5.41) is 9.65. The quantitative estimate of drug-likeness (QED) is 0.907. The number of aromatic nitrogens is 2. The second kappa shape index (κ2) is 6.10. The fraction of sp³-hybridized carbons (Fsp3) is 0.375. The van der Waals surface area contributed by atoms with Crippen LogP contribution in [0.4, 0.5) is 5.69 Å². The number of hydrogen-bond acceptors (Lipinski definition) is 3. The lowest BCUT2D eigenvalue weighted by Gasteiger charge is -2.15. The van der Waals surface area contributed by atoms with Crippen molar-refractivity contribution >= 4 is 11.6 Å². The molecule has 1 aromatic carbocycles. The molecule has 2 aromatic rings. The molecule has 2 heterocycles. The molecular weight excluding hydrogens is 264 g/mol. The van der Waals surface area contributed by atoms with Crippen molar-refractivity contribution in [2.24, 2.45) is 0 Å². The van der Waals surface area contributed by atoms with E-state index in [2.05, 4.69) is 26.5 Å². The van der Waals surface area contributed by atoms with Gasteiger partial charge in [0, 0.05) is 17.9 Å². The number of nitrogens with one attached hydrogen (secondary N) is 2. The van der Waals surface area contributed by atoms with Crippen molar-refractivity contribution in [2.75, 3.05) is 18.4 Å². The van der Waals surface area contributed by atoms with E-state index >= 15 is 0 Å². The lowest BCUT2D eigenvalue weighted by molar-refractivity contribution is 0.102. The third-order valence-electron chi connectivity index (χ3n) is 3.73. The fourth-order valence-electron chi connectivity index (χ4n) is 2.68. The van der Waals surface area contributed by atoms with Gasteiger partial charge >= 0.3 is 0 Å². The molecular formula is C16H20N4O. The maximum Gasteiger partial charge on any atom is 0.276 e. The molecule has 110 valence electrons.